The molecule has 0 atom stereocenters. The van der Waals surface area contributed by atoms with Gasteiger partial charge >= 0.3 is 0 Å². The normalized spacial score (nSPS) is 14.5. The number of aromatic nitrogens is 3. The number of aryl methyl sites for hydroxylation is 3. The molecule has 0 amide bonds. The van der Waals surface area contributed by atoms with Crippen molar-refractivity contribution in [1.82, 2.24) is 14.5 Å². The fraction of sp³-hybridized carbons (Fsp3) is 0.176. The van der Waals surface area contributed by atoms with E-state index in [0.717, 1.165) is 50.1 Å². The van der Waals surface area contributed by atoms with E-state index in [-0.39, 0.29) is 17.0 Å². The molecule has 55 heavy (non-hydrogen) atoms. The molecule has 8 aromatic rings. The van der Waals surface area contributed by atoms with Crippen LogP contribution in [0.1, 0.15) is 67.9 Å². The second-order valence-corrected chi connectivity index (χ2v) is 15.2. The lowest BCUT2D eigenvalue weighted by Crippen LogP contribution is -2.11. The molecule has 272 valence electrons. The Morgan fingerprint density at radius 1 is 0.655 bits per heavy atom. The van der Waals surface area contributed by atoms with Gasteiger partial charge in [-0.25, -0.2) is 4.98 Å². The molecule has 0 aliphatic carbocycles. The highest BCUT2D eigenvalue weighted by atomic mass is 16.3. The molecule has 2 aromatic heterocycles. The molecule has 2 heterocycles. The Morgan fingerprint density at radius 2 is 1.42 bits per heavy atom. The lowest BCUT2D eigenvalue weighted by molar-refractivity contribution is 0.472. The number of phenols is 1. The number of imidazole rings is 1. The summed E-state index contributed by atoms with van der Waals surface area (Å²) >= 11 is 0. The molecule has 8 rings (SSSR count). The molecule has 4 nitrogen and oxygen atoms in total. The molecule has 6 aromatic carbocycles. The molecular formula is C51H47N3O. The number of rotatable bonds is 6. The summed E-state index contributed by atoms with van der Waals surface area (Å²) < 4.78 is 87.6. The van der Waals surface area contributed by atoms with E-state index in [9.17, 15) is 6.48 Å². The predicted molar refractivity (Wildman–Crippen MR) is 230 cm³/mol. The van der Waals surface area contributed by atoms with Gasteiger partial charge in [0.2, 0.25) is 0 Å². The fourth-order valence-corrected chi connectivity index (χ4v) is 7.16. The third-order valence-corrected chi connectivity index (χ3v) is 10.2. The van der Waals surface area contributed by atoms with E-state index < -0.39 is 65.8 Å². The van der Waals surface area contributed by atoms with Crippen molar-refractivity contribution in [3.8, 4) is 67.5 Å². The maximum Gasteiger partial charge on any atom is 0.149 e. The molecule has 0 saturated heterocycles. The molecule has 0 radical (unpaired) electrons. The minimum absolute atomic E-state index is 0.0350. The van der Waals surface area contributed by atoms with Gasteiger partial charge in [-0.2, -0.15) is 0 Å². The first-order chi connectivity index (χ1) is 30.5. The van der Waals surface area contributed by atoms with Crippen LogP contribution in [0.4, 0.5) is 0 Å². The highest BCUT2D eigenvalue weighted by Crippen LogP contribution is 2.42. The van der Waals surface area contributed by atoms with Crippen LogP contribution in [0.2, 0.25) is 0 Å². The van der Waals surface area contributed by atoms with Gasteiger partial charge in [-0.05, 0) is 144 Å². The Bertz CT molecular complexity index is 3230. The van der Waals surface area contributed by atoms with Gasteiger partial charge in [-0.1, -0.05) is 105 Å². The van der Waals surface area contributed by atoms with E-state index in [2.05, 4.69) is 47.7 Å². The Balaban J connectivity index is 1.42. The molecule has 4 heteroatoms. The largest absolute Gasteiger partial charge is 0.507 e. The van der Waals surface area contributed by atoms with Gasteiger partial charge in [-0.3, -0.25) is 9.55 Å². The summed E-state index contributed by atoms with van der Waals surface area (Å²) in [5.41, 5.74) is 9.36. The molecule has 0 aliphatic heterocycles. The highest BCUT2D eigenvalue weighted by Gasteiger charge is 2.24. The fourth-order valence-electron chi connectivity index (χ4n) is 7.16. The number of nitrogens with zero attached hydrogens (tertiary/aromatic N) is 3. The number of fused-ring (bicyclic) bond motifs is 1. The van der Waals surface area contributed by atoms with E-state index in [0.29, 0.717) is 33.6 Å². The number of phenolic OH excluding ortho intramolecular Hbond substituents is 1. The van der Waals surface area contributed by atoms with Crippen LogP contribution in [0.3, 0.4) is 0 Å². The van der Waals surface area contributed by atoms with E-state index >= 15 is 0 Å². The first-order valence-electron chi connectivity index (χ1n) is 23.2. The summed E-state index contributed by atoms with van der Waals surface area (Å²) in [5, 5.41) is 11.7. The van der Waals surface area contributed by atoms with Crippen molar-refractivity contribution in [1.29, 1.82) is 0 Å². The molecular weight excluding hydrogens is 671 g/mol. The Morgan fingerprint density at radius 3 is 2.16 bits per heavy atom. The summed E-state index contributed by atoms with van der Waals surface area (Å²) in [6, 6.07) is 25.8. The number of hydrogen-bond acceptors (Lipinski definition) is 3. The number of benzene rings is 6. The number of pyridine rings is 1. The summed E-state index contributed by atoms with van der Waals surface area (Å²) in [7, 11) is 0. The maximum atomic E-state index is 11.7. The highest BCUT2D eigenvalue weighted by molar-refractivity contribution is 5.97. The summed E-state index contributed by atoms with van der Waals surface area (Å²) in [5.74, 6) is 0.641. The van der Waals surface area contributed by atoms with Crippen LogP contribution in [0.25, 0.3) is 72.7 Å². The van der Waals surface area contributed by atoms with Gasteiger partial charge in [0.25, 0.3) is 0 Å². The van der Waals surface area contributed by atoms with Gasteiger partial charge in [0.15, 0.2) is 0 Å². The van der Waals surface area contributed by atoms with E-state index in [1.165, 1.54) is 0 Å². The van der Waals surface area contributed by atoms with Crippen molar-refractivity contribution in [3.05, 3.63) is 167 Å². The van der Waals surface area contributed by atoms with Crippen LogP contribution in [0.15, 0.2) is 133 Å². The monoisotopic (exact) mass is 727 g/mol. The van der Waals surface area contributed by atoms with Crippen molar-refractivity contribution < 1.29 is 18.8 Å². The Kier molecular flexibility index (Phi) is 6.48. The Labute approximate surface area is 338 Å². The lowest BCUT2D eigenvalue weighted by Gasteiger charge is -2.22. The molecule has 1 N–H and O–H groups in total. The van der Waals surface area contributed by atoms with Crippen LogP contribution >= 0.6 is 0 Å². The lowest BCUT2D eigenvalue weighted by atomic mass is 9.83. The third-order valence-electron chi connectivity index (χ3n) is 10.2. The minimum atomic E-state index is -2.96. The van der Waals surface area contributed by atoms with Crippen molar-refractivity contribution in [3.63, 3.8) is 0 Å². The smallest absolute Gasteiger partial charge is 0.149 e. The van der Waals surface area contributed by atoms with Crippen molar-refractivity contribution in [2.24, 2.45) is 0 Å². The molecule has 0 aliphatic rings. The van der Waals surface area contributed by atoms with Gasteiger partial charge in [0.1, 0.15) is 11.6 Å². The van der Waals surface area contributed by atoms with E-state index in [1.807, 2.05) is 101 Å². The number of aromatic hydroxyl groups is 1. The van der Waals surface area contributed by atoms with E-state index in [4.69, 9.17) is 17.3 Å². The zero-order chi connectivity index (χ0) is 47.2. The van der Waals surface area contributed by atoms with Gasteiger partial charge in [0, 0.05) is 27.1 Å². The minimum Gasteiger partial charge on any atom is -0.507 e. The van der Waals surface area contributed by atoms with Crippen LogP contribution in [-0.2, 0) is 5.41 Å². The number of hydrogen-bond donors (Lipinski definition) is 1. The van der Waals surface area contributed by atoms with Gasteiger partial charge < -0.3 is 5.11 Å². The first kappa shape index (κ1) is 25.7. The molecule has 0 saturated carbocycles. The summed E-state index contributed by atoms with van der Waals surface area (Å²) in [6.45, 7) is 11.2. The Hall–Kier alpha value is -6.26. The molecule has 0 fully saturated rings. The van der Waals surface area contributed by atoms with Crippen molar-refractivity contribution in [2.45, 2.75) is 60.7 Å². The summed E-state index contributed by atoms with van der Waals surface area (Å²) in [4.78, 5) is 9.78. The van der Waals surface area contributed by atoms with Crippen LogP contribution in [0, 0.1) is 34.5 Å². The summed E-state index contributed by atoms with van der Waals surface area (Å²) in [6.07, 6.45) is -0.563. The molecule has 0 bridgehead atoms. The predicted octanol–water partition coefficient (Wildman–Crippen LogP) is 13.3. The quantitative estimate of drug-likeness (QED) is 0.186. The average molecular weight is 728 g/mol. The van der Waals surface area contributed by atoms with Crippen LogP contribution in [0.5, 0.6) is 5.75 Å². The van der Waals surface area contributed by atoms with E-state index in [1.54, 1.807) is 0 Å². The SMILES string of the molecule is [2H]c1nc(-c2cc(-c3cccc4c3nc(-c3cc(C)cc(C)c3O)n4-c3cc(C)c(C)c(-c4ccccc4)c3)cc(C(C)(C)C)c2)c([2H])c(-c2c([2H])c([2H])c(C([2H])([2H])[2H])c([2H])c2[2H])c1[2H]. The molecule has 0 unspecified atom stereocenters. The standard InChI is InChI=1S/C51H47N3O/c1-31-17-19-36(20-18-31)38-21-22-52-46(29-38)40-26-39(27-41(28-40)51(6,7)8)43-15-12-16-47-48(43)53-50(45-24-32(2)23-34(4)49(45)55)54(47)42-25-33(3)35(5)44(30-42)37-13-10-9-11-14-37/h9-30,55H,1-8H3/i1D3,17D,18D,19D,20D,21D,22D,29D. The second-order valence-electron chi connectivity index (χ2n) is 15.2. The second kappa shape index (κ2) is 13.9. The van der Waals surface area contributed by atoms with Crippen LogP contribution < -0.4 is 0 Å². The zero-order valence-electron chi connectivity index (χ0n) is 41.9. The van der Waals surface area contributed by atoms with Gasteiger partial charge in [0.05, 0.1) is 31.9 Å². The van der Waals surface area contributed by atoms with Crippen molar-refractivity contribution >= 4 is 11.0 Å². The topological polar surface area (TPSA) is 50.9 Å². The molecule has 0 spiro atoms. The third kappa shape index (κ3) is 6.74. The number of para-hydroxylation sites is 1. The van der Waals surface area contributed by atoms with Crippen molar-refractivity contribution in [2.75, 3.05) is 0 Å². The maximum absolute atomic E-state index is 11.7. The average Bonchev–Trinajstić information content (AvgIpc) is 3.64. The van der Waals surface area contributed by atoms with Gasteiger partial charge in [-0.15, -0.1) is 0 Å². The zero-order valence-corrected chi connectivity index (χ0v) is 31.9. The first-order valence-corrected chi connectivity index (χ1v) is 18.2. The van der Waals surface area contributed by atoms with Crippen LogP contribution in [-0.4, -0.2) is 19.6 Å².